The van der Waals surface area contributed by atoms with Crippen molar-refractivity contribution in [2.75, 3.05) is 19.5 Å². The summed E-state index contributed by atoms with van der Waals surface area (Å²) in [5, 5.41) is 7.57. The van der Waals surface area contributed by atoms with E-state index in [1.807, 2.05) is 31.2 Å². The van der Waals surface area contributed by atoms with E-state index in [-0.39, 0.29) is 5.91 Å². The van der Waals surface area contributed by atoms with Crippen LogP contribution in [0.5, 0.6) is 11.5 Å². The molecule has 0 saturated heterocycles. The van der Waals surface area contributed by atoms with Crippen LogP contribution in [-0.2, 0) is 6.54 Å². The van der Waals surface area contributed by atoms with Gasteiger partial charge in [0.25, 0.3) is 5.91 Å². The van der Waals surface area contributed by atoms with E-state index < -0.39 is 0 Å². The molecule has 0 saturated carbocycles. The Kier molecular flexibility index (Phi) is 5.90. The van der Waals surface area contributed by atoms with Crippen LogP contribution in [0, 0.1) is 13.8 Å². The molecule has 28 heavy (non-hydrogen) atoms. The molecular formula is C21H22ClN3O3. The molecule has 2 aromatic carbocycles. The third kappa shape index (κ3) is 4.12. The molecule has 7 heteroatoms. The fourth-order valence-corrected chi connectivity index (χ4v) is 3.19. The van der Waals surface area contributed by atoms with Gasteiger partial charge in [-0.2, -0.15) is 5.10 Å². The van der Waals surface area contributed by atoms with Crippen LogP contribution < -0.4 is 14.8 Å². The lowest BCUT2D eigenvalue weighted by atomic mass is 10.1. The molecule has 3 rings (SSSR count). The number of anilines is 1. The molecule has 0 fully saturated rings. The molecule has 0 radical (unpaired) electrons. The number of rotatable bonds is 6. The van der Waals surface area contributed by atoms with Crippen molar-refractivity contribution in [2.24, 2.45) is 0 Å². The summed E-state index contributed by atoms with van der Waals surface area (Å²) in [6.45, 7) is 4.28. The van der Waals surface area contributed by atoms with Crippen LogP contribution in [0.4, 0.5) is 5.69 Å². The van der Waals surface area contributed by atoms with E-state index in [1.165, 1.54) is 12.7 Å². The highest BCUT2D eigenvalue weighted by atomic mass is 35.5. The Morgan fingerprint density at radius 1 is 1.11 bits per heavy atom. The zero-order valence-electron chi connectivity index (χ0n) is 16.2. The number of nitrogens with one attached hydrogen (secondary N) is 1. The van der Waals surface area contributed by atoms with Crippen LogP contribution in [0.2, 0.25) is 5.15 Å². The number of benzene rings is 2. The topological polar surface area (TPSA) is 65.4 Å². The number of amides is 1. The molecule has 6 nitrogen and oxygen atoms in total. The van der Waals surface area contributed by atoms with Gasteiger partial charge in [0.1, 0.15) is 16.7 Å². The van der Waals surface area contributed by atoms with Gasteiger partial charge in [0, 0.05) is 6.07 Å². The van der Waals surface area contributed by atoms with Gasteiger partial charge < -0.3 is 14.8 Å². The molecule has 0 aliphatic carbocycles. The number of methoxy groups -OCH3 is 2. The van der Waals surface area contributed by atoms with Gasteiger partial charge in [0.2, 0.25) is 0 Å². The molecular weight excluding hydrogens is 378 g/mol. The quantitative estimate of drug-likeness (QED) is 0.664. The number of hydrogen-bond acceptors (Lipinski definition) is 4. The maximum absolute atomic E-state index is 12.9. The Balaban J connectivity index is 1.84. The van der Waals surface area contributed by atoms with E-state index >= 15 is 0 Å². The van der Waals surface area contributed by atoms with Crippen LogP contribution >= 0.6 is 11.6 Å². The molecule has 0 spiro atoms. The molecule has 0 unspecified atom stereocenters. The fourth-order valence-electron chi connectivity index (χ4n) is 2.87. The highest BCUT2D eigenvalue weighted by Gasteiger charge is 2.21. The minimum Gasteiger partial charge on any atom is -0.497 e. The fraction of sp³-hybridized carbons (Fsp3) is 0.238. The number of nitrogens with zero attached hydrogens (tertiary/aromatic N) is 2. The predicted octanol–water partition coefficient (Wildman–Crippen LogP) is 4.47. The zero-order chi connectivity index (χ0) is 20.3. The van der Waals surface area contributed by atoms with Crippen molar-refractivity contribution >= 4 is 23.2 Å². The highest BCUT2D eigenvalue weighted by Crippen LogP contribution is 2.30. The number of aryl methyl sites for hydroxylation is 2. The largest absolute Gasteiger partial charge is 0.497 e. The van der Waals surface area contributed by atoms with Gasteiger partial charge in [-0.15, -0.1) is 0 Å². The van der Waals surface area contributed by atoms with E-state index in [2.05, 4.69) is 10.4 Å². The van der Waals surface area contributed by atoms with Crippen LogP contribution in [0.3, 0.4) is 0 Å². The van der Waals surface area contributed by atoms with Crippen LogP contribution in [0.15, 0.2) is 42.5 Å². The van der Waals surface area contributed by atoms with Crippen LogP contribution in [-0.4, -0.2) is 29.9 Å². The smallest absolute Gasteiger partial charge is 0.260 e. The lowest BCUT2D eigenvalue weighted by Crippen LogP contribution is -2.14. The first kappa shape index (κ1) is 19.8. The number of halogens is 1. The van der Waals surface area contributed by atoms with Gasteiger partial charge in [-0.3, -0.25) is 4.79 Å². The van der Waals surface area contributed by atoms with Gasteiger partial charge in [-0.25, -0.2) is 4.68 Å². The molecule has 0 atom stereocenters. The summed E-state index contributed by atoms with van der Waals surface area (Å²) < 4.78 is 12.1. The minimum atomic E-state index is -0.346. The van der Waals surface area contributed by atoms with Crippen molar-refractivity contribution in [3.8, 4) is 11.5 Å². The lowest BCUT2D eigenvalue weighted by Gasteiger charge is -2.11. The van der Waals surface area contributed by atoms with E-state index in [9.17, 15) is 4.79 Å². The third-order valence-electron chi connectivity index (χ3n) is 4.40. The van der Waals surface area contributed by atoms with Crippen molar-refractivity contribution in [3.05, 3.63) is 70.0 Å². The molecule has 0 bridgehead atoms. The summed E-state index contributed by atoms with van der Waals surface area (Å²) in [7, 11) is 3.10. The maximum Gasteiger partial charge on any atom is 0.260 e. The van der Waals surface area contributed by atoms with Gasteiger partial charge in [0.05, 0.1) is 37.7 Å². The molecule has 1 N–H and O–H groups in total. The Labute approximate surface area is 169 Å². The van der Waals surface area contributed by atoms with Gasteiger partial charge in [-0.05, 0) is 31.5 Å². The molecule has 3 aromatic rings. The summed E-state index contributed by atoms with van der Waals surface area (Å²) in [5.41, 5.74) is 3.66. The van der Waals surface area contributed by atoms with Crippen molar-refractivity contribution in [1.82, 2.24) is 9.78 Å². The normalized spacial score (nSPS) is 10.6. The van der Waals surface area contributed by atoms with Crippen LogP contribution in [0.1, 0.15) is 27.2 Å². The summed E-state index contributed by atoms with van der Waals surface area (Å²) >= 11 is 6.48. The Morgan fingerprint density at radius 2 is 1.82 bits per heavy atom. The average Bonchev–Trinajstić information content (AvgIpc) is 2.97. The minimum absolute atomic E-state index is 0.294. The molecule has 146 valence electrons. The van der Waals surface area contributed by atoms with Gasteiger partial charge >= 0.3 is 0 Å². The van der Waals surface area contributed by atoms with E-state index in [0.717, 1.165) is 5.56 Å². The molecule has 1 aromatic heterocycles. The standard InChI is InChI=1S/C21H22ClN3O3/c1-13-5-7-15(8-6-13)12-25-20(22)19(14(2)24-25)21(26)23-17-10-9-16(27-3)11-18(17)28-4/h5-11H,12H2,1-4H3,(H,23,26). The van der Waals surface area contributed by atoms with Crippen molar-refractivity contribution in [3.63, 3.8) is 0 Å². The Bertz CT molecular complexity index is 997. The number of hydrogen-bond donors (Lipinski definition) is 1. The molecule has 0 aliphatic heterocycles. The Morgan fingerprint density at radius 3 is 2.46 bits per heavy atom. The second kappa shape index (κ2) is 8.35. The highest BCUT2D eigenvalue weighted by molar-refractivity contribution is 6.33. The number of ether oxygens (including phenoxy) is 2. The molecule has 1 heterocycles. The first-order chi connectivity index (χ1) is 13.4. The van der Waals surface area contributed by atoms with Crippen molar-refractivity contribution in [2.45, 2.75) is 20.4 Å². The molecule has 0 aliphatic rings. The number of aromatic nitrogens is 2. The number of carbonyl (C=O) groups excluding carboxylic acids is 1. The Hall–Kier alpha value is -2.99. The van der Waals surface area contributed by atoms with E-state index in [4.69, 9.17) is 21.1 Å². The monoisotopic (exact) mass is 399 g/mol. The SMILES string of the molecule is COc1ccc(NC(=O)c2c(C)nn(Cc3ccc(C)cc3)c2Cl)c(OC)c1. The third-order valence-corrected chi connectivity index (χ3v) is 4.79. The van der Waals surface area contributed by atoms with E-state index in [1.54, 1.807) is 36.9 Å². The van der Waals surface area contributed by atoms with Gasteiger partial charge in [-0.1, -0.05) is 41.4 Å². The maximum atomic E-state index is 12.9. The second-order valence-corrected chi connectivity index (χ2v) is 6.77. The first-order valence-electron chi connectivity index (χ1n) is 8.74. The lowest BCUT2D eigenvalue weighted by molar-refractivity contribution is 0.102. The first-order valence-corrected chi connectivity index (χ1v) is 9.12. The van der Waals surface area contributed by atoms with Crippen molar-refractivity contribution in [1.29, 1.82) is 0 Å². The summed E-state index contributed by atoms with van der Waals surface area (Å²) in [6.07, 6.45) is 0. The van der Waals surface area contributed by atoms with Crippen LogP contribution in [0.25, 0.3) is 0 Å². The average molecular weight is 400 g/mol. The molecule has 1 amide bonds. The summed E-state index contributed by atoms with van der Waals surface area (Å²) in [6, 6.07) is 13.3. The van der Waals surface area contributed by atoms with E-state index in [0.29, 0.717) is 40.1 Å². The van der Waals surface area contributed by atoms with Crippen molar-refractivity contribution < 1.29 is 14.3 Å². The summed E-state index contributed by atoms with van der Waals surface area (Å²) in [5.74, 6) is 0.782. The zero-order valence-corrected chi connectivity index (χ0v) is 17.0. The van der Waals surface area contributed by atoms with Gasteiger partial charge in [0.15, 0.2) is 0 Å². The number of carbonyl (C=O) groups is 1. The predicted molar refractivity (Wildman–Crippen MR) is 110 cm³/mol. The second-order valence-electron chi connectivity index (χ2n) is 6.41. The summed E-state index contributed by atoms with van der Waals surface area (Å²) in [4.78, 5) is 12.9.